The maximum atomic E-state index is 11.8. The summed E-state index contributed by atoms with van der Waals surface area (Å²) >= 11 is 2.00. The SMILES string of the molecule is O=C(CC(F)(F)F)Nc1ccc(I)cn1. The van der Waals surface area contributed by atoms with Gasteiger partial charge in [-0.25, -0.2) is 4.98 Å². The van der Waals surface area contributed by atoms with Crippen molar-refractivity contribution in [3.63, 3.8) is 0 Å². The van der Waals surface area contributed by atoms with Gasteiger partial charge >= 0.3 is 6.18 Å². The van der Waals surface area contributed by atoms with Crippen LogP contribution in [0.4, 0.5) is 19.0 Å². The van der Waals surface area contributed by atoms with Crippen molar-refractivity contribution in [3.05, 3.63) is 21.9 Å². The van der Waals surface area contributed by atoms with E-state index in [1.165, 1.54) is 12.3 Å². The van der Waals surface area contributed by atoms with Crippen LogP contribution >= 0.6 is 22.6 Å². The Balaban J connectivity index is 2.55. The average Bonchev–Trinajstić information content (AvgIpc) is 2.05. The number of hydrogen-bond donors (Lipinski definition) is 1. The normalized spacial score (nSPS) is 11.2. The van der Waals surface area contributed by atoms with Gasteiger partial charge in [0.25, 0.3) is 0 Å². The third kappa shape index (κ3) is 4.96. The van der Waals surface area contributed by atoms with Crippen molar-refractivity contribution < 1.29 is 18.0 Å². The van der Waals surface area contributed by atoms with Gasteiger partial charge in [0, 0.05) is 9.77 Å². The molecule has 1 amide bonds. The molecular weight excluding hydrogens is 324 g/mol. The van der Waals surface area contributed by atoms with Crippen LogP contribution in [0.25, 0.3) is 0 Å². The van der Waals surface area contributed by atoms with Crippen molar-refractivity contribution in [2.45, 2.75) is 12.6 Å². The van der Waals surface area contributed by atoms with Gasteiger partial charge in [0.15, 0.2) is 0 Å². The summed E-state index contributed by atoms with van der Waals surface area (Å²) in [7, 11) is 0. The molecule has 0 aliphatic rings. The Bertz CT molecular complexity index is 350. The minimum Gasteiger partial charge on any atom is -0.310 e. The van der Waals surface area contributed by atoms with E-state index in [4.69, 9.17) is 0 Å². The number of aromatic nitrogens is 1. The molecule has 0 radical (unpaired) electrons. The highest BCUT2D eigenvalue weighted by Gasteiger charge is 2.31. The summed E-state index contributed by atoms with van der Waals surface area (Å²) in [6.45, 7) is 0. The second kappa shape index (κ2) is 4.77. The van der Waals surface area contributed by atoms with Crippen molar-refractivity contribution >= 4 is 34.3 Å². The number of nitrogens with zero attached hydrogens (tertiary/aromatic N) is 1. The summed E-state index contributed by atoms with van der Waals surface area (Å²) in [4.78, 5) is 14.6. The lowest BCUT2D eigenvalue weighted by Gasteiger charge is -2.06. The number of nitrogens with one attached hydrogen (secondary N) is 1. The van der Waals surface area contributed by atoms with E-state index in [2.05, 4.69) is 10.3 Å². The number of carbonyl (C=O) groups excluding carboxylic acids is 1. The third-order valence-electron chi connectivity index (χ3n) is 1.36. The largest absolute Gasteiger partial charge is 0.397 e. The quantitative estimate of drug-likeness (QED) is 0.847. The van der Waals surface area contributed by atoms with Crippen molar-refractivity contribution in [2.75, 3.05) is 5.32 Å². The standard InChI is InChI=1S/C8H6F3IN2O/c9-8(10,11)3-7(15)14-6-2-1-5(12)4-13-6/h1-2,4H,3H2,(H,13,14,15). The fourth-order valence-electron chi connectivity index (χ4n) is 0.819. The molecule has 0 bridgehead atoms. The van der Waals surface area contributed by atoms with Crippen molar-refractivity contribution in [3.8, 4) is 0 Å². The van der Waals surface area contributed by atoms with Crippen LogP contribution in [0.1, 0.15) is 6.42 Å². The Hall–Kier alpha value is -0.860. The molecule has 0 aliphatic carbocycles. The number of halogens is 4. The van der Waals surface area contributed by atoms with E-state index in [0.717, 1.165) is 3.57 Å². The van der Waals surface area contributed by atoms with Gasteiger partial charge in [-0.05, 0) is 34.7 Å². The van der Waals surface area contributed by atoms with E-state index in [-0.39, 0.29) is 5.82 Å². The lowest BCUT2D eigenvalue weighted by atomic mass is 10.4. The molecule has 1 aromatic heterocycles. The highest BCUT2D eigenvalue weighted by atomic mass is 127. The minimum absolute atomic E-state index is 0.115. The Morgan fingerprint density at radius 3 is 2.60 bits per heavy atom. The number of hydrogen-bond acceptors (Lipinski definition) is 2. The van der Waals surface area contributed by atoms with Crippen LogP contribution < -0.4 is 5.32 Å². The lowest BCUT2D eigenvalue weighted by molar-refractivity contribution is -0.150. The summed E-state index contributed by atoms with van der Waals surface area (Å²) < 4.78 is 36.2. The molecule has 0 atom stereocenters. The van der Waals surface area contributed by atoms with Crippen LogP contribution in [0.5, 0.6) is 0 Å². The van der Waals surface area contributed by atoms with Gasteiger partial charge in [-0.1, -0.05) is 0 Å². The number of anilines is 1. The van der Waals surface area contributed by atoms with E-state index < -0.39 is 18.5 Å². The van der Waals surface area contributed by atoms with E-state index in [1.54, 1.807) is 6.07 Å². The summed E-state index contributed by atoms with van der Waals surface area (Å²) in [5, 5.41) is 2.05. The predicted molar refractivity (Wildman–Crippen MR) is 56.3 cm³/mol. The zero-order valence-electron chi connectivity index (χ0n) is 7.31. The maximum absolute atomic E-state index is 11.8. The maximum Gasteiger partial charge on any atom is 0.397 e. The second-order valence-electron chi connectivity index (χ2n) is 2.70. The van der Waals surface area contributed by atoms with Crippen molar-refractivity contribution in [1.82, 2.24) is 4.98 Å². The molecule has 82 valence electrons. The number of rotatable bonds is 2. The van der Waals surface area contributed by atoms with Gasteiger partial charge in [0.1, 0.15) is 12.2 Å². The summed E-state index contributed by atoms with van der Waals surface area (Å²) in [5.74, 6) is -0.999. The molecule has 0 aromatic carbocycles. The van der Waals surface area contributed by atoms with Crippen LogP contribution in [0.2, 0.25) is 0 Å². The van der Waals surface area contributed by atoms with Crippen LogP contribution in [0, 0.1) is 3.57 Å². The summed E-state index contributed by atoms with van der Waals surface area (Å²) in [5.41, 5.74) is 0. The van der Waals surface area contributed by atoms with Crippen LogP contribution in [-0.2, 0) is 4.79 Å². The smallest absolute Gasteiger partial charge is 0.310 e. The van der Waals surface area contributed by atoms with E-state index in [1.807, 2.05) is 22.6 Å². The average molecular weight is 330 g/mol. The Kier molecular flexibility index (Phi) is 3.89. The topological polar surface area (TPSA) is 42.0 Å². The zero-order valence-corrected chi connectivity index (χ0v) is 9.46. The van der Waals surface area contributed by atoms with Gasteiger partial charge < -0.3 is 5.32 Å². The molecule has 0 fully saturated rings. The fraction of sp³-hybridized carbons (Fsp3) is 0.250. The predicted octanol–water partition coefficient (Wildman–Crippen LogP) is 2.58. The number of alkyl halides is 3. The van der Waals surface area contributed by atoms with Crippen LogP contribution in [0.15, 0.2) is 18.3 Å². The van der Waals surface area contributed by atoms with Crippen molar-refractivity contribution in [1.29, 1.82) is 0 Å². The second-order valence-corrected chi connectivity index (χ2v) is 3.95. The van der Waals surface area contributed by atoms with Crippen LogP contribution in [-0.4, -0.2) is 17.1 Å². The number of carbonyl (C=O) groups is 1. The van der Waals surface area contributed by atoms with Gasteiger partial charge in [-0.15, -0.1) is 0 Å². The highest BCUT2D eigenvalue weighted by molar-refractivity contribution is 14.1. The molecule has 7 heteroatoms. The molecule has 0 saturated carbocycles. The Morgan fingerprint density at radius 1 is 1.47 bits per heavy atom. The van der Waals surface area contributed by atoms with Gasteiger partial charge in [0.2, 0.25) is 5.91 Å². The molecule has 15 heavy (non-hydrogen) atoms. The first-order valence-corrected chi connectivity index (χ1v) is 4.93. The first kappa shape index (κ1) is 12.2. The van der Waals surface area contributed by atoms with Gasteiger partial charge in [0.05, 0.1) is 0 Å². The van der Waals surface area contributed by atoms with Gasteiger partial charge in [-0.3, -0.25) is 4.79 Å². The third-order valence-corrected chi connectivity index (χ3v) is 1.99. The molecule has 1 heterocycles. The molecule has 0 spiro atoms. The highest BCUT2D eigenvalue weighted by Crippen LogP contribution is 2.20. The Labute approximate surface area is 97.2 Å². The van der Waals surface area contributed by atoms with E-state index in [9.17, 15) is 18.0 Å². The van der Waals surface area contributed by atoms with E-state index >= 15 is 0 Å². The number of amides is 1. The fourth-order valence-corrected chi connectivity index (χ4v) is 1.14. The summed E-state index contributed by atoms with van der Waals surface area (Å²) in [6, 6.07) is 3.08. The molecule has 0 saturated heterocycles. The lowest BCUT2D eigenvalue weighted by Crippen LogP contribution is -2.21. The van der Waals surface area contributed by atoms with Crippen molar-refractivity contribution in [2.24, 2.45) is 0 Å². The molecule has 0 unspecified atom stereocenters. The molecule has 3 nitrogen and oxygen atoms in total. The monoisotopic (exact) mass is 330 g/mol. The minimum atomic E-state index is -4.49. The summed E-state index contributed by atoms with van der Waals surface area (Å²) in [6.07, 6.45) is -4.54. The molecule has 1 N–H and O–H groups in total. The molecule has 1 rings (SSSR count). The van der Waals surface area contributed by atoms with Gasteiger partial charge in [-0.2, -0.15) is 13.2 Å². The molecular formula is C8H6F3IN2O. The first-order valence-electron chi connectivity index (χ1n) is 3.85. The van der Waals surface area contributed by atoms with E-state index in [0.29, 0.717) is 0 Å². The Morgan fingerprint density at radius 2 is 2.13 bits per heavy atom. The molecule has 0 aliphatic heterocycles. The zero-order chi connectivity index (χ0) is 11.5. The number of pyridine rings is 1. The molecule has 1 aromatic rings. The van der Waals surface area contributed by atoms with Crippen LogP contribution in [0.3, 0.4) is 0 Å². The first-order chi connectivity index (χ1) is 6.87.